The molecule has 0 aromatic rings. The van der Waals surface area contributed by atoms with Crippen molar-refractivity contribution in [3.05, 3.63) is 0 Å². The zero-order valence-corrected chi connectivity index (χ0v) is 13.7. The van der Waals surface area contributed by atoms with Crippen LogP contribution in [-0.2, 0) is 9.53 Å². The fraction of sp³-hybridized carbons (Fsp3) is 0.941. The standard InChI is InChI=1S/C17H30N2O2/c1-12-13(2)21-14(3)15(12)16(20)19-9-5-7-17(11-19)6-4-8-18-10-17/h12-15,18H,4-11H2,1-3H3. The van der Waals surface area contributed by atoms with Crippen LogP contribution in [0, 0.1) is 17.3 Å². The number of piperidine rings is 2. The van der Waals surface area contributed by atoms with Crippen LogP contribution >= 0.6 is 0 Å². The Morgan fingerprint density at radius 1 is 1.19 bits per heavy atom. The third kappa shape index (κ3) is 2.85. The van der Waals surface area contributed by atoms with Crippen LogP contribution < -0.4 is 5.32 Å². The second-order valence-corrected chi connectivity index (χ2v) is 7.57. The van der Waals surface area contributed by atoms with Gasteiger partial charge in [0.1, 0.15) is 0 Å². The average molecular weight is 294 g/mol. The van der Waals surface area contributed by atoms with E-state index in [4.69, 9.17) is 4.74 Å². The fourth-order valence-corrected chi connectivity index (χ4v) is 4.68. The van der Waals surface area contributed by atoms with Gasteiger partial charge >= 0.3 is 0 Å². The van der Waals surface area contributed by atoms with Gasteiger partial charge in [-0.1, -0.05) is 6.92 Å². The number of rotatable bonds is 1. The minimum absolute atomic E-state index is 0.0479. The van der Waals surface area contributed by atoms with Crippen molar-refractivity contribution >= 4 is 5.91 Å². The van der Waals surface area contributed by atoms with Crippen LogP contribution in [0.5, 0.6) is 0 Å². The number of hydrogen-bond acceptors (Lipinski definition) is 3. The van der Waals surface area contributed by atoms with Gasteiger partial charge in [-0.2, -0.15) is 0 Å². The van der Waals surface area contributed by atoms with Crippen LogP contribution in [0.2, 0.25) is 0 Å². The molecule has 4 heteroatoms. The average Bonchev–Trinajstić information content (AvgIpc) is 2.72. The summed E-state index contributed by atoms with van der Waals surface area (Å²) in [5.74, 6) is 0.713. The maximum Gasteiger partial charge on any atom is 0.228 e. The highest BCUT2D eigenvalue weighted by Crippen LogP contribution is 2.39. The maximum atomic E-state index is 13.0. The molecular formula is C17H30N2O2. The first-order valence-corrected chi connectivity index (χ1v) is 8.67. The summed E-state index contributed by atoms with van der Waals surface area (Å²) in [4.78, 5) is 15.2. The lowest BCUT2D eigenvalue weighted by Crippen LogP contribution is -2.54. The minimum Gasteiger partial charge on any atom is -0.374 e. The van der Waals surface area contributed by atoms with Crippen LogP contribution in [0.4, 0.5) is 0 Å². The predicted octanol–water partition coefficient (Wildman–Crippen LogP) is 2.04. The van der Waals surface area contributed by atoms with Gasteiger partial charge in [-0.05, 0) is 52.0 Å². The van der Waals surface area contributed by atoms with Gasteiger partial charge in [-0.25, -0.2) is 0 Å². The molecule has 5 atom stereocenters. The lowest BCUT2D eigenvalue weighted by atomic mass is 9.74. The molecule has 0 bridgehead atoms. The van der Waals surface area contributed by atoms with E-state index < -0.39 is 0 Å². The van der Waals surface area contributed by atoms with E-state index in [9.17, 15) is 4.79 Å². The molecule has 1 amide bonds. The van der Waals surface area contributed by atoms with E-state index in [1.165, 1.54) is 19.3 Å². The van der Waals surface area contributed by atoms with Gasteiger partial charge in [0.05, 0.1) is 18.1 Å². The van der Waals surface area contributed by atoms with Gasteiger partial charge in [0.2, 0.25) is 5.91 Å². The smallest absolute Gasteiger partial charge is 0.228 e. The molecule has 0 radical (unpaired) electrons. The van der Waals surface area contributed by atoms with Crippen LogP contribution in [0.15, 0.2) is 0 Å². The van der Waals surface area contributed by atoms with E-state index in [1.54, 1.807) is 0 Å². The van der Waals surface area contributed by atoms with Crippen molar-refractivity contribution < 1.29 is 9.53 Å². The Hall–Kier alpha value is -0.610. The molecule has 3 aliphatic rings. The number of carbonyl (C=O) groups excluding carboxylic acids is 1. The van der Waals surface area contributed by atoms with Gasteiger partial charge in [0.15, 0.2) is 0 Å². The molecule has 3 aliphatic heterocycles. The highest BCUT2D eigenvalue weighted by Gasteiger charge is 2.46. The summed E-state index contributed by atoms with van der Waals surface area (Å²) in [7, 11) is 0. The summed E-state index contributed by atoms with van der Waals surface area (Å²) in [6.07, 6.45) is 5.20. The largest absolute Gasteiger partial charge is 0.374 e. The Morgan fingerprint density at radius 2 is 1.95 bits per heavy atom. The number of nitrogens with zero attached hydrogens (tertiary/aromatic N) is 1. The Kier molecular flexibility index (Phi) is 4.28. The van der Waals surface area contributed by atoms with E-state index in [0.29, 0.717) is 17.2 Å². The molecule has 3 fully saturated rings. The topological polar surface area (TPSA) is 41.6 Å². The molecule has 1 spiro atoms. The SMILES string of the molecule is CC1OC(C)C(C(=O)N2CCCC3(CCCNC3)C2)C1C. The Morgan fingerprint density at radius 3 is 2.57 bits per heavy atom. The zero-order valence-electron chi connectivity index (χ0n) is 13.7. The van der Waals surface area contributed by atoms with Crippen LogP contribution in [0.25, 0.3) is 0 Å². The summed E-state index contributed by atoms with van der Waals surface area (Å²) in [5.41, 5.74) is 0.337. The lowest BCUT2D eigenvalue weighted by molar-refractivity contribution is -0.141. The lowest BCUT2D eigenvalue weighted by Gasteiger charge is -2.46. The summed E-state index contributed by atoms with van der Waals surface area (Å²) in [6.45, 7) is 10.4. The molecule has 3 heterocycles. The normalized spacial score (nSPS) is 44.2. The second-order valence-electron chi connectivity index (χ2n) is 7.57. The molecule has 120 valence electrons. The van der Waals surface area contributed by atoms with Crippen molar-refractivity contribution in [2.75, 3.05) is 26.2 Å². The number of amides is 1. The molecular weight excluding hydrogens is 264 g/mol. The molecule has 3 saturated heterocycles. The van der Waals surface area contributed by atoms with E-state index in [1.807, 2.05) is 0 Å². The molecule has 1 N–H and O–H groups in total. The van der Waals surface area contributed by atoms with Crippen LogP contribution in [0.1, 0.15) is 46.5 Å². The van der Waals surface area contributed by atoms with E-state index in [2.05, 4.69) is 31.0 Å². The van der Waals surface area contributed by atoms with Crippen molar-refractivity contribution in [3.8, 4) is 0 Å². The molecule has 0 saturated carbocycles. The summed E-state index contributed by atoms with van der Waals surface area (Å²) >= 11 is 0. The summed E-state index contributed by atoms with van der Waals surface area (Å²) in [6, 6.07) is 0. The highest BCUT2D eigenvalue weighted by molar-refractivity contribution is 5.80. The van der Waals surface area contributed by atoms with Gasteiger partial charge in [0, 0.05) is 25.0 Å². The molecule has 5 unspecified atom stereocenters. The van der Waals surface area contributed by atoms with Gasteiger partial charge in [0.25, 0.3) is 0 Å². The van der Waals surface area contributed by atoms with Crippen molar-refractivity contribution in [1.29, 1.82) is 0 Å². The number of carbonyl (C=O) groups is 1. The third-order valence-electron chi connectivity index (χ3n) is 6.06. The maximum absolute atomic E-state index is 13.0. The number of likely N-dealkylation sites (tertiary alicyclic amines) is 1. The minimum atomic E-state index is 0.0479. The molecule has 0 aliphatic carbocycles. The first kappa shape index (κ1) is 15.3. The quantitative estimate of drug-likeness (QED) is 0.804. The third-order valence-corrected chi connectivity index (χ3v) is 6.06. The zero-order chi connectivity index (χ0) is 15.0. The highest BCUT2D eigenvalue weighted by atomic mass is 16.5. The van der Waals surface area contributed by atoms with Gasteiger partial charge < -0.3 is 15.0 Å². The number of nitrogens with one attached hydrogen (secondary N) is 1. The van der Waals surface area contributed by atoms with E-state index in [-0.39, 0.29) is 18.1 Å². The summed E-state index contributed by atoms with van der Waals surface area (Å²) < 4.78 is 5.88. The van der Waals surface area contributed by atoms with Gasteiger partial charge in [-0.3, -0.25) is 4.79 Å². The molecule has 0 aromatic heterocycles. The van der Waals surface area contributed by atoms with Crippen LogP contribution in [0.3, 0.4) is 0 Å². The number of hydrogen-bond donors (Lipinski definition) is 1. The Labute approximate surface area is 128 Å². The van der Waals surface area contributed by atoms with E-state index in [0.717, 1.165) is 32.6 Å². The van der Waals surface area contributed by atoms with Crippen molar-refractivity contribution in [2.45, 2.75) is 58.7 Å². The molecule has 3 rings (SSSR count). The molecule has 4 nitrogen and oxygen atoms in total. The van der Waals surface area contributed by atoms with Crippen LogP contribution in [-0.4, -0.2) is 49.2 Å². The monoisotopic (exact) mass is 294 g/mol. The van der Waals surface area contributed by atoms with Crippen molar-refractivity contribution in [3.63, 3.8) is 0 Å². The first-order chi connectivity index (χ1) is 10.0. The Balaban J connectivity index is 1.69. The molecule has 21 heavy (non-hydrogen) atoms. The van der Waals surface area contributed by atoms with Crippen molar-refractivity contribution in [2.24, 2.45) is 17.3 Å². The Bertz CT molecular complexity index is 387. The summed E-state index contributed by atoms with van der Waals surface area (Å²) in [5, 5.41) is 3.54. The van der Waals surface area contributed by atoms with Gasteiger partial charge in [-0.15, -0.1) is 0 Å². The van der Waals surface area contributed by atoms with E-state index >= 15 is 0 Å². The molecule has 0 aromatic carbocycles. The fourth-order valence-electron chi connectivity index (χ4n) is 4.68. The first-order valence-electron chi connectivity index (χ1n) is 8.67. The second kappa shape index (κ2) is 5.88. The van der Waals surface area contributed by atoms with Crippen molar-refractivity contribution in [1.82, 2.24) is 10.2 Å². The predicted molar refractivity (Wildman–Crippen MR) is 83.0 cm³/mol. The number of ether oxygens (including phenoxy) is 1.